The number of benzene rings is 1. The Labute approximate surface area is 113 Å². The van der Waals surface area contributed by atoms with Crippen molar-refractivity contribution in [2.75, 3.05) is 20.2 Å². The van der Waals surface area contributed by atoms with Gasteiger partial charge in [0.25, 0.3) is 0 Å². The van der Waals surface area contributed by atoms with Gasteiger partial charge in [0.05, 0.1) is 13.7 Å². The van der Waals surface area contributed by atoms with E-state index < -0.39 is 0 Å². The fraction of sp³-hybridized carbons (Fsp3) is 0.467. The first-order valence-corrected chi connectivity index (χ1v) is 6.91. The minimum Gasteiger partial charge on any atom is -0.493 e. The summed E-state index contributed by atoms with van der Waals surface area (Å²) in [5.41, 5.74) is 4.27. The summed E-state index contributed by atoms with van der Waals surface area (Å²) < 4.78 is 11.2. The van der Waals surface area contributed by atoms with Crippen LogP contribution in [0.1, 0.15) is 25.0 Å². The molecule has 19 heavy (non-hydrogen) atoms. The lowest BCUT2D eigenvalue weighted by atomic mass is 10.2. The molecule has 0 unspecified atom stereocenters. The van der Waals surface area contributed by atoms with Crippen LogP contribution in [0.3, 0.4) is 0 Å². The van der Waals surface area contributed by atoms with E-state index in [1.54, 1.807) is 7.11 Å². The SMILES string of the molecule is COc1cccc2cc(CNN3CCCCC3)oc12. The fourth-order valence-corrected chi connectivity index (χ4v) is 2.58. The van der Waals surface area contributed by atoms with Gasteiger partial charge in [-0.15, -0.1) is 0 Å². The highest BCUT2D eigenvalue weighted by Gasteiger charge is 2.12. The molecule has 3 rings (SSSR count). The van der Waals surface area contributed by atoms with Crippen LogP contribution < -0.4 is 10.2 Å². The number of fused-ring (bicyclic) bond motifs is 1. The number of piperidine rings is 1. The third-order valence-electron chi connectivity index (χ3n) is 3.61. The van der Waals surface area contributed by atoms with Crippen molar-refractivity contribution in [1.29, 1.82) is 0 Å². The highest BCUT2D eigenvalue weighted by molar-refractivity contribution is 5.83. The number of methoxy groups -OCH3 is 1. The van der Waals surface area contributed by atoms with E-state index >= 15 is 0 Å². The third kappa shape index (κ3) is 2.74. The lowest BCUT2D eigenvalue weighted by molar-refractivity contribution is 0.146. The van der Waals surface area contributed by atoms with E-state index in [9.17, 15) is 0 Å². The van der Waals surface area contributed by atoms with Crippen LogP contribution in [0.5, 0.6) is 5.75 Å². The van der Waals surface area contributed by atoms with Crippen molar-refractivity contribution in [2.45, 2.75) is 25.8 Å². The predicted molar refractivity (Wildman–Crippen MR) is 75.0 cm³/mol. The first-order chi connectivity index (χ1) is 9.36. The van der Waals surface area contributed by atoms with Gasteiger partial charge in [0.2, 0.25) is 0 Å². The molecule has 4 nitrogen and oxygen atoms in total. The molecule has 0 spiro atoms. The van der Waals surface area contributed by atoms with Crippen LogP contribution in [0, 0.1) is 0 Å². The fourth-order valence-electron chi connectivity index (χ4n) is 2.58. The van der Waals surface area contributed by atoms with E-state index in [0.717, 1.165) is 42.1 Å². The first-order valence-electron chi connectivity index (χ1n) is 6.91. The number of hydrogen-bond acceptors (Lipinski definition) is 4. The molecule has 2 aromatic rings. The second-order valence-corrected chi connectivity index (χ2v) is 4.97. The van der Waals surface area contributed by atoms with Crippen molar-refractivity contribution < 1.29 is 9.15 Å². The van der Waals surface area contributed by atoms with E-state index in [1.807, 2.05) is 18.2 Å². The number of nitrogens with zero attached hydrogens (tertiary/aromatic N) is 1. The zero-order chi connectivity index (χ0) is 13.1. The Morgan fingerprint density at radius 3 is 2.89 bits per heavy atom. The molecule has 1 aromatic carbocycles. The van der Waals surface area contributed by atoms with Gasteiger partial charge in [0, 0.05) is 18.5 Å². The molecular weight excluding hydrogens is 240 g/mol. The van der Waals surface area contributed by atoms with E-state index in [4.69, 9.17) is 9.15 Å². The molecule has 1 aliphatic rings. The summed E-state index contributed by atoms with van der Waals surface area (Å²) in [6.07, 6.45) is 3.90. The molecule has 0 bridgehead atoms. The molecule has 1 saturated heterocycles. The molecule has 0 saturated carbocycles. The lowest BCUT2D eigenvalue weighted by Crippen LogP contribution is -2.41. The normalized spacial score (nSPS) is 16.9. The topological polar surface area (TPSA) is 37.6 Å². The summed E-state index contributed by atoms with van der Waals surface area (Å²) in [4.78, 5) is 0. The number of hydrazine groups is 1. The van der Waals surface area contributed by atoms with Crippen LogP contribution in [0.25, 0.3) is 11.0 Å². The van der Waals surface area contributed by atoms with Crippen LogP contribution in [-0.4, -0.2) is 25.2 Å². The molecule has 1 aliphatic heterocycles. The van der Waals surface area contributed by atoms with Crippen molar-refractivity contribution in [1.82, 2.24) is 10.4 Å². The second-order valence-electron chi connectivity index (χ2n) is 4.97. The molecule has 2 heterocycles. The summed E-state index contributed by atoms with van der Waals surface area (Å²) in [5, 5.41) is 3.38. The zero-order valence-electron chi connectivity index (χ0n) is 11.3. The summed E-state index contributed by atoms with van der Waals surface area (Å²) in [7, 11) is 1.67. The molecular formula is C15H20N2O2. The van der Waals surface area contributed by atoms with Crippen LogP contribution in [0.15, 0.2) is 28.7 Å². The highest BCUT2D eigenvalue weighted by atomic mass is 16.5. The molecule has 1 aromatic heterocycles. The van der Waals surface area contributed by atoms with E-state index in [-0.39, 0.29) is 0 Å². The average molecular weight is 260 g/mol. The second kappa shape index (κ2) is 5.63. The molecule has 0 radical (unpaired) electrons. The van der Waals surface area contributed by atoms with Gasteiger partial charge in [-0.1, -0.05) is 18.6 Å². The van der Waals surface area contributed by atoms with Gasteiger partial charge in [-0.25, -0.2) is 10.4 Å². The highest BCUT2D eigenvalue weighted by Crippen LogP contribution is 2.28. The summed E-state index contributed by atoms with van der Waals surface area (Å²) in [6, 6.07) is 8.03. The Balaban J connectivity index is 1.70. The summed E-state index contributed by atoms with van der Waals surface area (Å²) in [5.74, 6) is 1.74. The largest absolute Gasteiger partial charge is 0.493 e. The molecule has 1 N–H and O–H groups in total. The molecule has 0 atom stereocenters. The smallest absolute Gasteiger partial charge is 0.176 e. The minimum atomic E-state index is 0.734. The Bertz CT molecular complexity index is 544. The quantitative estimate of drug-likeness (QED) is 0.917. The first kappa shape index (κ1) is 12.5. The summed E-state index contributed by atoms with van der Waals surface area (Å²) >= 11 is 0. The minimum absolute atomic E-state index is 0.734. The maximum absolute atomic E-state index is 5.87. The van der Waals surface area contributed by atoms with Gasteiger partial charge in [-0.2, -0.15) is 0 Å². The van der Waals surface area contributed by atoms with Gasteiger partial charge in [-0.3, -0.25) is 0 Å². The van der Waals surface area contributed by atoms with Crippen LogP contribution in [-0.2, 0) is 6.54 Å². The third-order valence-corrected chi connectivity index (χ3v) is 3.61. The van der Waals surface area contributed by atoms with E-state index in [1.165, 1.54) is 19.3 Å². The Kier molecular flexibility index (Phi) is 3.71. The summed E-state index contributed by atoms with van der Waals surface area (Å²) in [6.45, 7) is 2.99. The Hall–Kier alpha value is -1.52. The number of nitrogens with one attached hydrogen (secondary N) is 1. The Morgan fingerprint density at radius 2 is 2.11 bits per heavy atom. The monoisotopic (exact) mass is 260 g/mol. The Morgan fingerprint density at radius 1 is 1.26 bits per heavy atom. The lowest BCUT2D eigenvalue weighted by Gasteiger charge is -2.26. The molecule has 4 heteroatoms. The van der Waals surface area contributed by atoms with Gasteiger partial charge in [0.1, 0.15) is 5.76 Å². The van der Waals surface area contributed by atoms with Crippen LogP contribution in [0.4, 0.5) is 0 Å². The molecule has 102 valence electrons. The molecule has 0 amide bonds. The van der Waals surface area contributed by atoms with Gasteiger partial charge in [-0.05, 0) is 25.0 Å². The number of rotatable bonds is 4. The van der Waals surface area contributed by atoms with Gasteiger partial charge in [0.15, 0.2) is 11.3 Å². The number of hydrogen-bond donors (Lipinski definition) is 1. The van der Waals surface area contributed by atoms with Gasteiger partial charge >= 0.3 is 0 Å². The number of para-hydroxylation sites is 1. The average Bonchev–Trinajstić information content (AvgIpc) is 2.89. The number of furan rings is 1. The van der Waals surface area contributed by atoms with Crippen molar-refractivity contribution >= 4 is 11.0 Å². The zero-order valence-corrected chi connectivity index (χ0v) is 11.3. The molecule has 0 aliphatic carbocycles. The van der Waals surface area contributed by atoms with Crippen molar-refractivity contribution in [3.63, 3.8) is 0 Å². The van der Waals surface area contributed by atoms with Gasteiger partial charge < -0.3 is 9.15 Å². The number of ether oxygens (including phenoxy) is 1. The molecule has 1 fully saturated rings. The van der Waals surface area contributed by atoms with E-state index in [2.05, 4.69) is 16.5 Å². The predicted octanol–water partition coefficient (Wildman–Crippen LogP) is 2.93. The van der Waals surface area contributed by atoms with Crippen molar-refractivity contribution in [3.8, 4) is 5.75 Å². The maximum atomic E-state index is 5.87. The van der Waals surface area contributed by atoms with Crippen LogP contribution in [0.2, 0.25) is 0 Å². The maximum Gasteiger partial charge on any atom is 0.176 e. The van der Waals surface area contributed by atoms with Crippen molar-refractivity contribution in [3.05, 3.63) is 30.0 Å². The van der Waals surface area contributed by atoms with E-state index in [0.29, 0.717) is 0 Å². The standard InChI is InChI=1S/C15H20N2O2/c1-18-14-7-5-6-12-10-13(19-15(12)14)11-16-17-8-3-2-4-9-17/h5-7,10,16H,2-4,8-9,11H2,1H3. The van der Waals surface area contributed by atoms with Crippen LogP contribution >= 0.6 is 0 Å². The van der Waals surface area contributed by atoms with Crippen molar-refractivity contribution in [2.24, 2.45) is 0 Å².